The predicted octanol–water partition coefficient (Wildman–Crippen LogP) is 1.42. The van der Waals surface area contributed by atoms with Crippen LogP contribution in [0.25, 0.3) is 11.0 Å². The Balaban J connectivity index is 1.77. The number of carbonyl (C=O) groups excluding carboxylic acids is 1. The fourth-order valence-corrected chi connectivity index (χ4v) is 1.86. The van der Waals surface area contributed by atoms with Gasteiger partial charge >= 0.3 is 0 Å². The predicted molar refractivity (Wildman–Crippen MR) is 69.3 cm³/mol. The maximum absolute atomic E-state index is 13.4. The molecule has 0 spiro atoms. The second-order valence-corrected chi connectivity index (χ2v) is 4.11. The molecule has 0 radical (unpaired) electrons. The average Bonchev–Trinajstić information content (AvgIpc) is 2.88. The van der Waals surface area contributed by atoms with E-state index in [0.29, 0.717) is 5.65 Å². The van der Waals surface area contributed by atoms with Crippen LogP contribution in [0, 0.1) is 5.82 Å². The average molecular weight is 271 g/mol. The highest BCUT2D eigenvalue weighted by atomic mass is 19.1. The van der Waals surface area contributed by atoms with Crippen LogP contribution in [0.3, 0.4) is 0 Å². The van der Waals surface area contributed by atoms with Crippen LogP contribution in [0.2, 0.25) is 0 Å². The zero-order valence-corrected chi connectivity index (χ0v) is 10.3. The van der Waals surface area contributed by atoms with Gasteiger partial charge in [-0.15, -0.1) is 0 Å². The molecule has 0 aliphatic carbocycles. The first kappa shape index (κ1) is 12.2. The Bertz CT molecular complexity index is 770. The lowest BCUT2D eigenvalue weighted by Gasteiger charge is -2.04. The van der Waals surface area contributed by atoms with Gasteiger partial charge in [0.15, 0.2) is 11.5 Å². The summed E-state index contributed by atoms with van der Waals surface area (Å²) in [5.41, 5.74) is 1.25. The number of aromatic nitrogens is 4. The highest BCUT2D eigenvalue weighted by molar-refractivity contribution is 5.94. The molecule has 6 nitrogen and oxygen atoms in total. The number of amides is 1. The van der Waals surface area contributed by atoms with Gasteiger partial charge in [0.1, 0.15) is 0 Å². The molecule has 0 bridgehead atoms. The number of halogens is 1. The highest BCUT2D eigenvalue weighted by Crippen LogP contribution is 2.12. The summed E-state index contributed by atoms with van der Waals surface area (Å²) in [6.07, 6.45) is 4.01. The smallest absolute Gasteiger partial charge is 0.254 e. The molecule has 20 heavy (non-hydrogen) atoms. The highest BCUT2D eigenvalue weighted by Gasteiger charge is 2.12. The van der Waals surface area contributed by atoms with Crippen LogP contribution in [0.1, 0.15) is 16.1 Å². The van der Waals surface area contributed by atoms with Crippen molar-refractivity contribution in [3.05, 3.63) is 53.9 Å². The third-order valence-corrected chi connectivity index (χ3v) is 2.85. The van der Waals surface area contributed by atoms with E-state index in [2.05, 4.69) is 25.5 Å². The molecule has 0 aromatic carbocycles. The molecule has 3 rings (SSSR count). The van der Waals surface area contributed by atoms with Gasteiger partial charge in [0.05, 0.1) is 24.0 Å². The lowest BCUT2D eigenvalue weighted by atomic mass is 10.2. The molecule has 2 N–H and O–H groups in total. The second kappa shape index (κ2) is 5.04. The standard InChI is InChI=1S/C13H10FN5O/c14-10-6-15-5-3-8(10)13(20)17-7-11-9-2-1-4-16-12(9)19-18-11/h1-6H,7H2,(H,17,20)(H,16,18,19). The minimum Gasteiger partial charge on any atom is -0.346 e. The monoisotopic (exact) mass is 271 g/mol. The molecule has 0 saturated carbocycles. The molecule has 0 saturated heterocycles. The number of fused-ring (bicyclic) bond motifs is 1. The van der Waals surface area contributed by atoms with Crippen LogP contribution in [0.5, 0.6) is 0 Å². The summed E-state index contributed by atoms with van der Waals surface area (Å²) < 4.78 is 13.4. The molecule has 1 amide bonds. The number of hydrogen-bond donors (Lipinski definition) is 2. The summed E-state index contributed by atoms with van der Waals surface area (Å²) >= 11 is 0. The fraction of sp³-hybridized carbons (Fsp3) is 0.0769. The minimum absolute atomic E-state index is 0.0399. The van der Waals surface area contributed by atoms with Crippen LogP contribution in [-0.4, -0.2) is 26.1 Å². The van der Waals surface area contributed by atoms with E-state index in [1.807, 2.05) is 6.07 Å². The quantitative estimate of drug-likeness (QED) is 0.754. The molecule has 0 aliphatic rings. The normalized spacial score (nSPS) is 10.7. The summed E-state index contributed by atoms with van der Waals surface area (Å²) in [7, 11) is 0. The van der Waals surface area contributed by atoms with Gasteiger partial charge in [0, 0.05) is 17.8 Å². The SMILES string of the molecule is O=C(NCc1[nH]nc2ncccc12)c1ccncc1F. The number of nitrogens with one attached hydrogen (secondary N) is 2. The Morgan fingerprint density at radius 3 is 3.10 bits per heavy atom. The zero-order chi connectivity index (χ0) is 13.9. The van der Waals surface area contributed by atoms with Crippen molar-refractivity contribution in [1.29, 1.82) is 0 Å². The summed E-state index contributed by atoms with van der Waals surface area (Å²) in [6.45, 7) is 0.211. The van der Waals surface area contributed by atoms with Gasteiger partial charge in [-0.2, -0.15) is 5.10 Å². The van der Waals surface area contributed by atoms with Crippen LogP contribution >= 0.6 is 0 Å². The largest absolute Gasteiger partial charge is 0.346 e. The van der Waals surface area contributed by atoms with Crippen LogP contribution in [0.15, 0.2) is 36.8 Å². The summed E-state index contributed by atoms with van der Waals surface area (Å²) in [5.74, 6) is -1.15. The Kier molecular flexibility index (Phi) is 3.08. The van der Waals surface area contributed by atoms with Crippen molar-refractivity contribution in [3.63, 3.8) is 0 Å². The number of carbonyl (C=O) groups is 1. The molecule has 100 valence electrons. The van der Waals surface area contributed by atoms with E-state index in [0.717, 1.165) is 17.3 Å². The first-order valence-corrected chi connectivity index (χ1v) is 5.91. The Morgan fingerprint density at radius 1 is 1.35 bits per heavy atom. The van der Waals surface area contributed by atoms with Crippen molar-refractivity contribution < 1.29 is 9.18 Å². The molecular formula is C13H10FN5O. The number of H-pyrrole nitrogens is 1. The van der Waals surface area contributed by atoms with Gasteiger partial charge in [-0.3, -0.25) is 14.9 Å². The minimum atomic E-state index is -0.652. The Hall–Kier alpha value is -2.83. The van der Waals surface area contributed by atoms with Crippen molar-refractivity contribution in [1.82, 2.24) is 25.5 Å². The van der Waals surface area contributed by atoms with Crippen molar-refractivity contribution in [3.8, 4) is 0 Å². The second-order valence-electron chi connectivity index (χ2n) is 4.11. The maximum atomic E-state index is 13.4. The third-order valence-electron chi connectivity index (χ3n) is 2.85. The van der Waals surface area contributed by atoms with Crippen LogP contribution in [0.4, 0.5) is 4.39 Å². The number of nitrogens with zero attached hydrogens (tertiary/aromatic N) is 3. The van der Waals surface area contributed by atoms with E-state index in [1.54, 1.807) is 12.3 Å². The van der Waals surface area contributed by atoms with Crippen molar-refractivity contribution >= 4 is 16.9 Å². The fourth-order valence-electron chi connectivity index (χ4n) is 1.86. The Morgan fingerprint density at radius 2 is 2.25 bits per heavy atom. The lowest BCUT2D eigenvalue weighted by molar-refractivity contribution is 0.0946. The van der Waals surface area contributed by atoms with Gasteiger partial charge in [-0.1, -0.05) is 0 Å². The van der Waals surface area contributed by atoms with Crippen LogP contribution in [-0.2, 0) is 6.54 Å². The van der Waals surface area contributed by atoms with E-state index in [-0.39, 0.29) is 12.1 Å². The van der Waals surface area contributed by atoms with Crippen LogP contribution < -0.4 is 5.32 Å². The number of aromatic amines is 1. The molecule has 0 aliphatic heterocycles. The lowest BCUT2D eigenvalue weighted by Crippen LogP contribution is -2.24. The molecule has 0 fully saturated rings. The van der Waals surface area contributed by atoms with Gasteiger partial charge in [-0.25, -0.2) is 9.37 Å². The van der Waals surface area contributed by atoms with E-state index in [4.69, 9.17) is 0 Å². The molecule has 3 aromatic rings. The van der Waals surface area contributed by atoms with Gasteiger partial charge in [-0.05, 0) is 18.2 Å². The van der Waals surface area contributed by atoms with Crippen molar-refractivity contribution in [2.24, 2.45) is 0 Å². The molecule has 3 heterocycles. The van der Waals surface area contributed by atoms with E-state index >= 15 is 0 Å². The third kappa shape index (κ3) is 2.20. The molecular weight excluding hydrogens is 261 g/mol. The molecule has 0 unspecified atom stereocenters. The Labute approximate surface area is 113 Å². The van der Waals surface area contributed by atoms with E-state index in [1.165, 1.54) is 12.3 Å². The van der Waals surface area contributed by atoms with Gasteiger partial charge < -0.3 is 5.32 Å². The number of rotatable bonds is 3. The first-order valence-electron chi connectivity index (χ1n) is 5.91. The molecule has 0 atom stereocenters. The van der Waals surface area contributed by atoms with Gasteiger partial charge in [0.25, 0.3) is 5.91 Å². The molecule has 7 heteroatoms. The number of pyridine rings is 2. The summed E-state index contributed by atoms with van der Waals surface area (Å²) in [4.78, 5) is 19.5. The summed E-state index contributed by atoms with van der Waals surface area (Å²) in [6, 6.07) is 4.96. The van der Waals surface area contributed by atoms with Crippen molar-refractivity contribution in [2.75, 3.05) is 0 Å². The molecule has 3 aromatic heterocycles. The summed E-state index contributed by atoms with van der Waals surface area (Å²) in [5, 5.41) is 10.3. The van der Waals surface area contributed by atoms with Crippen molar-refractivity contribution in [2.45, 2.75) is 6.54 Å². The zero-order valence-electron chi connectivity index (χ0n) is 10.3. The first-order chi connectivity index (χ1) is 9.75. The number of hydrogen-bond acceptors (Lipinski definition) is 4. The van der Waals surface area contributed by atoms with E-state index in [9.17, 15) is 9.18 Å². The van der Waals surface area contributed by atoms with Gasteiger partial charge in [0.2, 0.25) is 0 Å². The topological polar surface area (TPSA) is 83.6 Å². The maximum Gasteiger partial charge on any atom is 0.254 e. The van der Waals surface area contributed by atoms with E-state index < -0.39 is 11.7 Å².